The summed E-state index contributed by atoms with van der Waals surface area (Å²) < 4.78 is 0. The molecule has 2 heterocycles. The molecule has 1 unspecified atom stereocenters. The smallest absolute Gasteiger partial charge is 0.124 e. The van der Waals surface area contributed by atoms with Gasteiger partial charge in [-0.2, -0.15) is 11.3 Å². The van der Waals surface area contributed by atoms with Gasteiger partial charge in [0.05, 0.1) is 5.69 Å². The van der Waals surface area contributed by atoms with Gasteiger partial charge in [-0.1, -0.05) is 13.8 Å². The van der Waals surface area contributed by atoms with Gasteiger partial charge in [0.1, 0.15) is 5.01 Å². The second kappa shape index (κ2) is 4.65. The third-order valence-electron chi connectivity index (χ3n) is 3.12. The van der Waals surface area contributed by atoms with Crippen molar-refractivity contribution in [2.75, 3.05) is 6.54 Å². The van der Waals surface area contributed by atoms with Gasteiger partial charge in [0.15, 0.2) is 0 Å². The van der Waals surface area contributed by atoms with Crippen molar-refractivity contribution in [1.29, 1.82) is 0 Å². The molecule has 0 aromatic carbocycles. The lowest BCUT2D eigenvalue weighted by Crippen LogP contribution is -2.31. The third kappa shape index (κ3) is 2.05. The number of nitrogens with zero attached hydrogens (tertiary/aromatic N) is 1. The van der Waals surface area contributed by atoms with Crippen molar-refractivity contribution in [2.45, 2.75) is 25.7 Å². The van der Waals surface area contributed by atoms with Crippen LogP contribution in [0.15, 0.2) is 22.2 Å². The van der Waals surface area contributed by atoms with Crippen molar-refractivity contribution in [1.82, 2.24) is 4.98 Å². The minimum Gasteiger partial charge on any atom is -0.330 e. The standard InChI is InChI=1S/C12H16N2S2/c1-3-12(2,8-13)10-7-16-11(14-10)9-4-5-15-6-9/h4-7H,3,8,13H2,1-2H3. The van der Waals surface area contributed by atoms with E-state index in [1.54, 1.807) is 22.7 Å². The van der Waals surface area contributed by atoms with Crippen molar-refractivity contribution in [3.05, 3.63) is 27.9 Å². The number of nitrogens with two attached hydrogens (primary N) is 1. The van der Waals surface area contributed by atoms with Crippen LogP contribution < -0.4 is 5.73 Å². The fourth-order valence-corrected chi connectivity index (χ4v) is 3.19. The summed E-state index contributed by atoms with van der Waals surface area (Å²) >= 11 is 3.41. The zero-order chi connectivity index (χ0) is 11.6. The van der Waals surface area contributed by atoms with Crippen LogP contribution in [0.2, 0.25) is 0 Å². The van der Waals surface area contributed by atoms with Crippen molar-refractivity contribution in [3.63, 3.8) is 0 Å². The van der Waals surface area contributed by atoms with Gasteiger partial charge in [-0.3, -0.25) is 0 Å². The summed E-state index contributed by atoms with van der Waals surface area (Å²) in [5, 5.41) is 7.46. The van der Waals surface area contributed by atoms with Crippen molar-refractivity contribution in [2.24, 2.45) is 5.73 Å². The number of hydrogen-bond acceptors (Lipinski definition) is 4. The third-order valence-corrected chi connectivity index (χ3v) is 4.70. The minimum absolute atomic E-state index is 0.0186. The van der Waals surface area contributed by atoms with Crippen LogP contribution in [0.5, 0.6) is 0 Å². The molecule has 0 spiro atoms. The van der Waals surface area contributed by atoms with E-state index < -0.39 is 0 Å². The number of rotatable bonds is 4. The molecule has 0 saturated heterocycles. The Morgan fingerprint density at radius 1 is 1.44 bits per heavy atom. The van der Waals surface area contributed by atoms with E-state index >= 15 is 0 Å². The molecule has 0 saturated carbocycles. The normalized spacial score (nSPS) is 14.9. The molecule has 2 rings (SSSR count). The van der Waals surface area contributed by atoms with Crippen LogP contribution in [0.4, 0.5) is 0 Å². The van der Waals surface area contributed by atoms with Crippen LogP contribution in [0.1, 0.15) is 26.0 Å². The predicted octanol–water partition coefficient (Wildman–Crippen LogP) is 3.50. The van der Waals surface area contributed by atoms with E-state index in [9.17, 15) is 0 Å². The lowest BCUT2D eigenvalue weighted by atomic mass is 9.85. The maximum absolute atomic E-state index is 5.84. The fraction of sp³-hybridized carbons (Fsp3) is 0.417. The van der Waals surface area contributed by atoms with Gasteiger partial charge in [0.25, 0.3) is 0 Å². The van der Waals surface area contributed by atoms with Crippen LogP contribution in [-0.4, -0.2) is 11.5 Å². The molecule has 86 valence electrons. The SMILES string of the molecule is CCC(C)(CN)c1csc(-c2ccsc2)n1. The Hall–Kier alpha value is -0.710. The summed E-state index contributed by atoms with van der Waals surface area (Å²) in [6, 6.07) is 2.11. The monoisotopic (exact) mass is 252 g/mol. The van der Waals surface area contributed by atoms with Gasteiger partial charge in [-0.15, -0.1) is 11.3 Å². The van der Waals surface area contributed by atoms with Crippen molar-refractivity contribution >= 4 is 22.7 Å². The van der Waals surface area contributed by atoms with Crippen LogP contribution in [0.25, 0.3) is 10.6 Å². The summed E-state index contributed by atoms with van der Waals surface area (Å²) in [5.41, 5.74) is 8.21. The largest absolute Gasteiger partial charge is 0.330 e. The Kier molecular flexibility index (Phi) is 3.42. The zero-order valence-corrected chi connectivity index (χ0v) is 11.2. The van der Waals surface area contributed by atoms with E-state index in [1.807, 2.05) is 0 Å². The molecular weight excluding hydrogens is 236 g/mol. The van der Waals surface area contributed by atoms with Gasteiger partial charge in [0, 0.05) is 28.3 Å². The van der Waals surface area contributed by atoms with E-state index in [2.05, 4.69) is 36.1 Å². The molecule has 4 heteroatoms. The lowest BCUT2D eigenvalue weighted by molar-refractivity contribution is 0.456. The summed E-state index contributed by atoms with van der Waals surface area (Å²) in [6.07, 6.45) is 1.02. The lowest BCUT2D eigenvalue weighted by Gasteiger charge is -2.23. The van der Waals surface area contributed by atoms with Gasteiger partial charge < -0.3 is 5.73 Å². The van der Waals surface area contributed by atoms with Gasteiger partial charge >= 0.3 is 0 Å². The molecule has 2 N–H and O–H groups in total. The van der Waals surface area contributed by atoms with Crippen LogP contribution in [0.3, 0.4) is 0 Å². The average molecular weight is 252 g/mol. The second-order valence-electron chi connectivity index (χ2n) is 4.17. The number of aromatic nitrogens is 1. The Labute approximate surface area is 104 Å². The second-order valence-corrected chi connectivity index (χ2v) is 5.81. The zero-order valence-electron chi connectivity index (χ0n) is 9.56. The highest BCUT2D eigenvalue weighted by molar-refractivity contribution is 7.14. The van der Waals surface area contributed by atoms with E-state index in [-0.39, 0.29) is 5.41 Å². The number of hydrogen-bond donors (Lipinski definition) is 1. The quantitative estimate of drug-likeness (QED) is 0.904. The van der Waals surface area contributed by atoms with Crippen LogP contribution in [0, 0.1) is 0 Å². The molecule has 2 aromatic rings. The topological polar surface area (TPSA) is 38.9 Å². The van der Waals surface area contributed by atoms with Gasteiger partial charge in [-0.25, -0.2) is 4.98 Å². The Morgan fingerprint density at radius 3 is 2.81 bits per heavy atom. The van der Waals surface area contributed by atoms with Crippen LogP contribution >= 0.6 is 22.7 Å². The highest BCUT2D eigenvalue weighted by Gasteiger charge is 2.25. The van der Waals surface area contributed by atoms with Crippen molar-refractivity contribution < 1.29 is 0 Å². The summed E-state index contributed by atoms with van der Waals surface area (Å²) in [4.78, 5) is 4.71. The number of thiazole rings is 1. The minimum atomic E-state index is 0.0186. The molecule has 0 aliphatic rings. The molecule has 0 amide bonds. The molecule has 0 bridgehead atoms. The highest BCUT2D eigenvalue weighted by atomic mass is 32.1. The van der Waals surface area contributed by atoms with E-state index in [0.29, 0.717) is 6.54 Å². The van der Waals surface area contributed by atoms with Gasteiger partial charge in [0.2, 0.25) is 0 Å². The first-order chi connectivity index (χ1) is 7.69. The molecule has 2 nitrogen and oxygen atoms in total. The molecule has 0 radical (unpaired) electrons. The first-order valence-electron chi connectivity index (χ1n) is 5.38. The van der Waals surface area contributed by atoms with E-state index in [4.69, 9.17) is 10.7 Å². The average Bonchev–Trinajstić information content (AvgIpc) is 2.97. The highest BCUT2D eigenvalue weighted by Crippen LogP contribution is 2.32. The first-order valence-corrected chi connectivity index (χ1v) is 7.20. The van der Waals surface area contributed by atoms with Gasteiger partial charge in [-0.05, 0) is 17.9 Å². The summed E-state index contributed by atoms with van der Waals surface area (Å²) in [7, 11) is 0. The molecule has 0 fully saturated rings. The molecular formula is C12H16N2S2. The van der Waals surface area contributed by atoms with E-state index in [1.165, 1.54) is 5.56 Å². The maximum atomic E-state index is 5.84. The molecule has 2 aromatic heterocycles. The Balaban J connectivity index is 2.33. The van der Waals surface area contributed by atoms with E-state index in [0.717, 1.165) is 17.1 Å². The maximum Gasteiger partial charge on any atom is 0.124 e. The Morgan fingerprint density at radius 2 is 2.25 bits per heavy atom. The first kappa shape index (κ1) is 11.8. The summed E-state index contributed by atoms with van der Waals surface area (Å²) in [5.74, 6) is 0. The van der Waals surface area contributed by atoms with Crippen LogP contribution in [-0.2, 0) is 5.41 Å². The fourth-order valence-electron chi connectivity index (χ4n) is 1.50. The summed E-state index contributed by atoms with van der Waals surface area (Å²) in [6.45, 7) is 4.99. The molecule has 16 heavy (non-hydrogen) atoms. The predicted molar refractivity (Wildman–Crippen MR) is 72.1 cm³/mol. The Bertz CT molecular complexity index is 441. The molecule has 0 aliphatic heterocycles. The number of thiophene rings is 1. The van der Waals surface area contributed by atoms with Crippen molar-refractivity contribution in [3.8, 4) is 10.6 Å². The molecule has 0 aliphatic carbocycles. The molecule has 1 atom stereocenters.